The minimum atomic E-state index is 0.0236. The molecule has 1 aromatic heterocycles. The number of benzene rings is 4. The van der Waals surface area contributed by atoms with Crippen LogP contribution in [-0.2, 0) is 11.2 Å². The lowest BCUT2D eigenvalue weighted by molar-refractivity contribution is -0.116. The van der Waals surface area contributed by atoms with Crippen molar-refractivity contribution in [1.82, 2.24) is 14.8 Å². The summed E-state index contributed by atoms with van der Waals surface area (Å²) in [5, 5.41) is 10.2. The van der Waals surface area contributed by atoms with Crippen LogP contribution in [0.5, 0.6) is 17.2 Å². The number of aromatic nitrogens is 3. The van der Waals surface area contributed by atoms with E-state index >= 15 is 0 Å². The molecule has 1 atom stereocenters. The number of fused-ring (bicyclic) bond motifs is 1. The first-order valence-electron chi connectivity index (χ1n) is 13.2. The number of rotatable bonds is 8. The van der Waals surface area contributed by atoms with Crippen molar-refractivity contribution in [2.45, 2.75) is 24.5 Å². The first kappa shape index (κ1) is 26.9. The maximum absolute atomic E-state index is 13.5. The molecule has 0 bridgehead atoms. The Balaban J connectivity index is 1.33. The van der Waals surface area contributed by atoms with E-state index in [2.05, 4.69) is 23.2 Å². The molecule has 41 heavy (non-hydrogen) atoms. The van der Waals surface area contributed by atoms with Gasteiger partial charge in [0.15, 0.2) is 11.0 Å². The van der Waals surface area contributed by atoms with Crippen LogP contribution >= 0.6 is 23.4 Å². The summed E-state index contributed by atoms with van der Waals surface area (Å²) < 4.78 is 13.5. The lowest BCUT2D eigenvalue weighted by Gasteiger charge is -2.22. The fourth-order valence-corrected chi connectivity index (χ4v) is 6.04. The van der Waals surface area contributed by atoms with E-state index in [9.17, 15) is 4.79 Å². The van der Waals surface area contributed by atoms with Crippen LogP contribution in [0, 0.1) is 0 Å². The molecule has 0 spiro atoms. The number of para-hydroxylation sites is 2. The Hall–Kier alpha value is -4.27. The molecule has 1 aliphatic heterocycles. The van der Waals surface area contributed by atoms with Gasteiger partial charge in [0.2, 0.25) is 5.91 Å². The second-order valence-electron chi connectivity index (χ2n) is 9.63. The van der Waals surface area contributed by atoms with E-state index in [1.54, 1.807) is 25.3 Å². The molecule has 1 aliphatic rings. The van der Waals surface area contributed by atoms with Gasteiger partial charge in [-0.2, -0.15) is 0 Å². The fourth-order valence-electron chi connectivity index (χ4n) is 5.05. The SMILES string of the molecule is COc1ccc(Cl)cc1-c1nnc(SCC(=O)N2c3ccccc3CC2C)n1-c1ccc(Oc2ccccc2)cc1. The first-order chi connectivity index (χ1) is 20.0. The average Bonchev–Trinajstić information content (AvgIpc) is 3.57. The van der Waals surface area contributed by atoms with Crippen molar-refractivity contribution in [2.75, 3.05) is 17.8 Å². The molecule has 1 amide bonds. The average molecular weight is 583 g/mol. The van der Waals surface area contributed by atoms with E-state index in [-0.39, 0.29) is 17.7 Å². The summed E-state index contributed by atoms with van der Waals surface area (Å²) in [6.45, 7) is 2.08. The van der Waals surface area contributed by atoms with E-state index in [0.29, 0.717) is 33.1 Å². The zero-order valence-electron chi connectivity index (χ0n) is 22.5. The molecule has 5 aromatic rings. The van der Waals surface area contributed by atoms with Gasteiger partial charge >= 0.3 is 0 Å². The monoisotopic (exact) mass is 582 g/mol. The van der Waals surface area contributed by atoms with Crippen molar-refractivity contribution >= 4 is 35.0 Å². The normalized spacial score (nSPS) is 14.1. The third-order valence-electron chi connectivity index (χ3n) is 6.91. The largest absolute Gasteiger partial charge is 0.496 e. The van der Waals surface area contributed by atoms with E-state index in [1.165, 1.54) is 17.3 Å². The minimum absolute atomic E-state index is 0.0236. The Morgan fingerprint density at radius 3 is 2.46 bits per heavy atom. The van der Waals surface area contributed by atoms with Gasteiger partial charge in [0.05, 0.1) is 24.1 Å². The van der Waals surface area contributed by atoms with Crippen LogP contribution in [0.1, 0.15) is 12.5 Å². The van der Waals surface area contributed by atoms with E-state index in [0.717, 1.165) is 23.5 Å². The number of anilines is 1. The van der Waals surface area contributed by atoms with Crippen molar-refractivity contribution in [1.29, 1.82) is 0 Å². The van der Waals surface area contributed by atoms with Gasteiger partial charge in [0.1, 0.15) is 17.2 Å². The first-order valence-corrected chi connectivity index (χ1v) is 14.5. The van der Waals surface area contributed by atoms with Crippen LogP contribution in [0.2, 0.25) is 5.02 Å². The number of thioether (sulfide) groups is 1. The Morgan fingerprint density at radius 2 is 1.68 bits per heavy atom. The Labute approximate surface area is 247 Å². The van der Waals surface area contributed by atoms with Crippen molar-refractivity contribution in [3.05, 3.63) is 108 Å². The van der Waals surface area contributed by atoms with Crippen LogP contribution in [0.4, 0.5) is 5.69 Å². The summed E-state index contributed by atoms with van der Waals surface area (Å²) in [5.74, 6) is 2.84. The molecular formula is C32H27ClN4O3S. The summed E-state index contributed by atoms with van der Waals surface area (Å²) in [6, 6.07) is 30.8. The number of carbonyl (C=O) groups excluding carboxylic acids is 1. The highest BCUT2D eigenvalue weighted by Crippen LogP contribution is 2.37. The number of methoxy groups -OCH3 is 1. The standard InChI is InChI=1S/C32H27ClN4O3S/c1-21-18-22-8-6-7-11-28(22)36(21)30(38)20-41-32-35-34-31(27-19-23(33)12-17-29(27)39-2)37(32)24-13-15-26(16-14-24)40-25-9-4-3-5-10-25/h3-17,19,21H,18,20H2,1-2H3. The molecule has 9 heteroatoms. The number of halogens is 1. The van der Waals surface area contributed by atoms with Gasteiger partial charge in [0, 0.05) is 16.8 Å². The van der Waals surface area contributed by atoms with Crippen molar-refractivity contribution in [2.24, 2.45) is 0 Å². The van der Waals surface area contributed by atoms with Gasteiger partial charge in [-0.15, -0.1) is 10.2 Å². The van der Waals surface area contributed by atoms with E-state index in [1.807, 2.05) is 82.3 Å². The van der Waals surface area contributed by atoms with E-state index in [4.69, 9.17) is 21.1 Å². The third-order valence-corrected chi connectivity index (χ3v) is 8.06. The fraction of sp³-hybridized carbons (Fsp3) is 0.156. The number of hydrogen-bond acceptors (Lipinski definition) is 6. The summed E-state index contributed by atoms with van der Waals surface area (Å²) in [5.41, 5.74) is 3.67. The van der Waals surface area contributed by atoms with Crippen LogP contribution in [-0.4, -0.2) is 39.6 Å². The van der Waals surface area contributed by atoms with Crippen LogP contribution in [0.25, 0.3) is 17.1 Å². The Bertz CT molecular complexity index is 1690. The summed E-state index contributed by atoms with van der Waals surface area (Å²) in [6.07, 6.45) is 0.846. The Kier molecular flexibility index (Phi) is 7.67. The Morgan fingerprint density at radius 1 is 0.951 bits per heavy atom. The molecule has 0 saturated carbocycles. The number of amides is 1. The zero-order valence-corrected chi connectivity index (χ0v) is 24.1. The van der Waals surface area contributed by atoms with Gasteiger partial charge in [-0.05, 0) is 79.6 Å². The second-order valence-corrected chi connectivity index (χ2v) is 11.0. The van der Waals surface area contributed by atoms with Crippen LogP contribution in [0.15, 0.2) is 102 Å². The maximum Gasteiger partial charge on any atom is 0.237 e. The van der Waals surface area contributed by atoms with Crippen molar-refractivity contribution < 1.29 is 14.3 Å². The maximum atomic E-state index is 13.5. The molecule has 6 rings (SSSR count). The zero-order chi connectivity index (χ0) is 28.3. The quantitative estimate of drug-likeness (QED) is 0.177. The molecule has 0 radical (unpaired) electrons. The molecule has 4 aromatic carbocycles. The minimum Gasteiger partial charge on any atom is -0.496 e. The second kappa shape index (κ2) is 11.7. The van der Waals surface area contributed by atoms with Crippen molar-refractivity contribution in [3.8, 4) is 34.3 Å². The molecule has 1 unspecified atom stereocenters. The van der Waals surface area contributed by atoms with Gasteiger partial charge in [-0.3, -0.25) is 9.36 Å². The highest BCUT2D eigenvalue weighted by molar-refractivity contribution is 7.99. The molecule has 0 N–H and O–H groups in total. The molecule has 0 aliphatic carbocycles. The molecule has 2 heterocycles. The predicted molar refractivity (Wildman–Crippen MR) is 163 cm³/mol. The number of hydrogen-bond donors (Lipinski definition) is 0. The lowest BCUT2D eigenvalue weighted by atomic mass is 10.1. The summed E-state index contributed by atoms with van der Waals surface area (Å²) in [7, 11) is 1.60. The summed E-state index contributed by atoms with van der Waals surface area (Å²) >= 11 is 7.72. The third kappa shape index (κ3) is 5.53. The number of nitrogens with zero attached hydrogens (tertiary/aromatic N) is 4. The molecular weight excluding hydrogens is 556 g/mol. The van der Waals surface area contributed by atoms with Gasteiger partial charge in [0.25, 0.3) is 0 Å². The number of carbonyl (C=O) groups is 1. The smallest absolute Gasteiger partial charge is 0.237 e. The summed E-state index contributed by atoms with van der Waals surface area (Å²) in [4.78, 5) is 15.4. The number of ether oxygens (including phenoxy) is 2. The van der Waals surface area contributed by atoms with E-state index < -0.39 is 0 Å². The lowest BCUT2D eigenvalue weighted by Crippen LogP contribution is -2.37. The van der Waals surface area contributed by atoms with Crippen LogP contribution < -0.4 is 14.4 Å². The molecule has 0 fully saturated rings. The predicted octanol–water partition coefficient (Wildman–Crippen LogP) is 7.46. The van der Waals surface area contributed by atoms with Gasteiger partial charge < -0.3 is 14.4 Å². The molecule has 7 nitrogen and oxygen atoms in total. The van der Waals surface area contributed by atoms with Gasteiger partial charge in [-0.25, -0.2) is 0 Å². The molecule has 206 valence electrons. The topological polar surface area (TPSA) is 69.5 Å². The van der Waals surface area contributed by atoms with Crippen LogP contribution in [0.3, 0.4) is 0 Å². The highest BCUT2D eigenvalue weighted by Gasteiger charge is 2.31. The van der Waals surface area contributed by atoms with Gasteiger partial charge in [-0.1, -0.05) is 59.8 Å². The van der Waals surface area contributed by atoms with Crippen molar-refractivity contribution in [3.63, 3.8) is 0 Å². The highest BCUT2D eigenvalue weighted by atomic mass is 35.5. The molecule has 0 saturated heterocycles.